The first-order valence-corrected chi connectivity index (χ1v) is 10.7. The number of nitrogens with zero attached hydrogens (tertiary/aromatic N) is 1. The van der Waals surface area contributed by atoms with Crippen LogP contribution in [0.2, 0.25) is 10.0 Å². The number of halogens is 2. The molecule has 148 valence electrons. The van der Waals surface area contributed by atoms with Crippen LogP contribution >= 0.6 is 23.2 Å². The van der Waals surface area contributed by atoms with Gasteiger partial charge in [-0.25, -0.2) is 12.7 Å². The molecule has 0 saturated carbocycles. The lowest BCUT2D eigenvalue weighted by Crippen LogP contribution is -2.33. The van der Waals surface area contributed by atoms with Crippen molar-refractivity contribution in [1.29, 1.82) is 0 Å². The molecule has 0 unspecified atom stereocenters. The number of nitrogens with one attached hydrogen (secondary N) is 1. The Kier molecular flexibility index (Phi) is 5.20. The smallest absolute Gasteiger partial charge is 0.257 e. The van der Waals surface area contributed by atoms with E-state index in [1.165, 1.54) is 18.2 Å². The average Bonchev–Trinajstić information content (AvgIpc) is 2.75. The summed E-state index contributed by atoms with van der Waals surface area (Å²) in [5, 5.41) is 3.34. The largest absolute Gasteiger partial charge is 0.322 e. The molecule has 1 N–H and O–H groups in total. The van der Waals surface area contributed by atoms with Crippen LogP contribution in [0.15, 0.2) is 36.4 Å². The van der Waals surface area contributed by atoms with Gasteiger partial charge in [0.25, 0.3) is 5.91 Å². The predicted molar refractivity (Wildman–Crippen MR) is 111 cm³/mol. The number of hydrogen-bond acceptors (Lipinski definition) is 4. The molecule has 6 nitrogen and oxygen atoms in total. The van der Waals surface area contributed by atoms with E-state index in [4.69, 9.17) is 23.2 Å². The number of anilines is 2. The van der Waals surface area contributed by atoms with Crippen molar-refractivity contribution in [2.45, 2.75) is 20.8 Å². The molecular formula is C19H18Cl2N2O4S. The van der Waals surface area contributed by atoms with Crippen molar-refractivity contribution >= 4 is 56.4 Å². The van der Waals surface area contributed by atoms with E-state index < -0.39 is 27.3 Å². The van der Waals surface area contributed by atoms with Crippen LogP contribution in [0.3, 0.4) is 0 Å². The van der Waals surface area contributed by atoms with Crippen LogP contribution in [0.4, 0.5) is 11.4 Å². The molecule has 2 aromatic rings. The Hall–Kier alpha value is -2.09. The maximum absolute atomic E-state index is 12.7. The molecule has 1 fully saturated rings. The summed E-state index contributed by atoms with van der Waals surface area (Å²) in [5.74, 6) is -1.39. The van der Waals surface area contributed by atoms with Gasteiger partial charge < -0.3 is 5.32 Å². The summed E-state index contributed by atoms with van der Waals surface area (Å²) in [6.07, 6.45) is 0. The molecule has 3 rings (SSSR count). The van der Waals surface area contributed by atoms with E-state index in [0.29, 0.717) is 16.3 Å². The minimum absolute atomic E-state index is 0.0475. The van der Waals surface area contributed by atoms with Gasteiger partial charge in [0.05, 0.1) is 27.4 Å². The summed E-state index contributed by atoms with van der Waals surface area (Å²) in [7, 11) is -3.83. The van der Waals surface area contributed by atoms with E-state index >= 15 is 0 Å². The molecule has 2 amide bonds. The lowest BCUT2D eigenvalue weighted by Gasteiger charge is -2.18. The molecule has 1 aliphatic heterocycles. The third kappa shape index (κ3) is 3.62. The molecule has 28 heavy (non-hydrogen) atoms. The summed E-state index contributed by atoms with van der Waals surface area (Å²) in [6.45, 7) is 4.89. The van der Waals surface area contributed by atoms with Crippen LogP contribution in [0.1, 0.15) is 29.8 Å². The second-order valence-electron chi connectivity index (χ2n) is 7.24. The van der Waals surface area contributed by atoms with Crippen molar-refractivity contribution in [3.05, 3.63) is 57.6 Å². The Balaban J connectivity index is 1.99. The zero-order valence-corrected chi connectivity index (χ0v) is 17.7. The topological polar surface area (TPSA) is 83.6 Å². The third-order valence-electron chi connectivity index (χ3n) is 4.53. The van der Waals surface area contributed by atoms with Crippen LogP contribution in [0.25, 0.3) is 0 Å². The standard InChI is InChI=1S/C19H18Cl2N2O4S/c1-11-14(20)5-4-6-16(11)22-17(24)13-9-12(7-8-15(13)21)23-18(25)19(2,3)10-28(23,26)27/h4-9H,10H2,1-3H3,(H,22,24). The van der Waals surface area contributed by atoms with Gasteiger partial charge >= 0.3 is 0 Å². The van der Waals surface area contributed by atoms with Gasteiger partial charge in [-0.1, -0.05) is 29.3 Å². The van der Waals surface area contributed by atoms with Gasteiger partial charge in [-0.15, -0.1) is 0 Å². The monoisotopic (exact) mass is 440 g/mol. The van der Waals surface area contributed by atoms with Crippen molar-refractivity contribution in [3.63, 3.8) is 0 Å². The molecule has 0 aromatic heterocycles. The second-order valence-corrected chi connectivity index (χ2v) is 9.87. The Morgan fingerprint density at radius 3 is 2.43 bits per heavy atom. The fraction of sp³-hybridized carbons (Fsp3) is 0.263. The van der Waals surface area contributed by atoms with Crippen molar-refractivity contribution in [1.82, 2.24) is 0 Å². The third-order valence-corrected chi connectivity index (χ3v) is 7.29. The quantitative estimate of drug-likeness (QED) is 0.772. The maximum atomic E-state index is 12.7. The summed E-state index contributed by atoms with van der Waals surface area (Å²) in [4.78, 5) is 25.3. The molecule has 0 bridgehead atoms. The van der Waals surface area contributed by atoms with E-state index in [-0.39, 0.29) is 22.0 Å². The second kappa shape index (κ2) is 7.06. The first-order chi connectivity index (χ1) is 12.9. The Bertz CT molecular complexity index is 1100. The van der Waals surface area contributed by atoms with Gasteiger partial charge in [-0.05, 0) is 56.7 Å². The number of rotatable bonds is 3. The number of amides is 2. The number of carbonyl (C=O) groups is 2. The van der Waals surface area contributed by atoms with Crippen molar-refractivity contribution < 1.29 is 18.0 Å². The normalized spacial score (nSPS) is 17.6. The molecular weight excluding hydrogens is 423 g/mol. The first kappa shape index (κ1) is 20.6. The Morgan fingerprint density at radius 2 is 1.82 bits per heavy atom. The van der Waals surface area contributed by atoms with Crippen molar-refractivity contribution in [2.75, 3.05) is 15.4 Å². The highest BCUT2D eigenvalue weighted by molar-refractivity contribution is 7.94. The van der Waals surface area contributed by atoms with Gasteiger partial charge in [0.1, 0.15) is 0 Å². The molecule has 1 heterocycles. The molecule has 0 spiro atoms. The van der Waals surface area contributed by atoms with Gasteiger partial charge in [-0.2, -0.15) is 0 Å². The fourth-order valence-corrected chi connectivity index (χ4v) is 5.48. The molecule has 0 atom stereocenters. The van der Waals surface area contributed by atoms with Crippen LogP contribution in [-0.4, -0.2) is 26.0 Å². The van der Waals surface area contributed by atoms with Crippen LogP contribution in [0, 0.1) is 12.3 Å². The summed E-state index contributed by atoms with van der Waals surface area (Å²) in [6, 6.07) is 9.18. The Labute approximate surface area is 173 Å². The van der Waals surface area contributed by atoms with Crippen LogP contribution in [-0.2, 0) is 14.8 Å². The maximum Gasteiger partial charge on any atom is 0.257 e. The van der Waals surface area contributed by atoms with E-state index in [9.17, 15) is 18.0 Å². The van der Waals surface area contributed by atoms with Crippen LogP contribution in [0.5, 0.6) is 0 Å². The predicted octanol–water partition coefficient (Wildman–Crippen LogP) is 4.26. The van der Waals surface area contributed by atoms with Crippen molar-refractivity contribution in [2.24, 2.45) is 5.41 Å². The number of benzene rings is 2. The van der Waals surface area contributed by atoms with E-state index in [0.717, 1.165) is 4.31 Å². The zero-order chi connectivity index (χ0) is 20.9. The van der Waals surface area contributed by atoms with Crippen molar-refractivity contribution in [3.8, 4) is 0 Å². The van der Waals surface area contributed by atoms with Gasteiger partial charge in [-0.3, -0.25) is 9.59 Å². The molecule has 0 aliphatic carbocycles. The minimum atomic E-state index is -3.83. The van der Waals surface area contributed by atoms with Gasteiger partial charge in [0.15, 0.2) is 0 Å². The number of sulfonamides is 1. The fourth-order valence-electron chi connectivity index (χ4n) is 3.01. The average molecular weight is 441 g/mol. The highest BCUT2D eigenvalue weighted by Crippen LogP contribution is 2.37. The molecule has 1 saturated heterocycles. The molecule has 9 heteroatoms. The highest BCUT2D eigenvalue weighted by Gasteiger charge is 2.50. The van der Waals surface area contributed by atoms with Gasteiger partial charge in [0, 0.05) is 10.7 Å². The summed E-state index contributed by atoms with van der Waals surface area (Å²) >= 11 is 12.2. The van der Waals surface area contributed by atoms with Crippen LogP contribution < -0.4 is 9.62 Å². The van der Waals surface area contributed by atoms with E-state index in [2.05, 4.69) is 5.32 Å². The minimum Gasteiger partial charge on any atom is -0.322 e. The molecule has 0 radical (unpaired) electrons. The lowest BCUT2D eigenvalue weighted by atomic mass is 9.95. The lowest BCUT2D eigenvalue weighted by molar-refractivity contribution is -0.123. The Morgan fingerprint density at radius 1 is 1.14 bits per heavy atom. The summed E-state index contributed by atoms with van der Waals surface area (Å²) in [5.41, 5.74) is 0.270. The van der Waals surface area contributed by atoms with Gasteiger partial charge in [0.2, 0.25) is 15.9 Å². The van der Waals surface area contributed by atoms with E-state index in [1.54, 1.807) is 39.0 Å². The number of hydrogen-bond donors (Lipinski definition) is 1. The highest BCUT2D eigenvalue weighted by atomic mass is 35.5. The first-order valence-electron chi connectivity index (χ1n) is 8.37. The zero-order valence-electron chi connectivity index (χ0n) is 15.4. The summed E-state index contributed by atoms with van der Waals surface area (Å²) < 4.78 is 25.7. The SMILES string of the molecule is Cc1c(Cl)cccc1NC(=O)c1cc(N2C(=O)C(C)(C)CS2(=O)=O)ccc1Cl. The molecule has 2 aromatic carbocycles. The number of carbonyl (C=O) groups excluding carboxylic acids is 2. The van der Waals surface area contributed by atoms with E-state index in [1.807, 2.05) is 0 Å². The molecule has 1 aliphatic rings.